The second kappa shape index (κ2) is 7.00. The zero-order chi connectivity index (χ0) is 20.7. The summed E-state index contributed by atoms with van der Waals surface area (Å²) in [5, 5.41) is 2.45. The van der Waals surface area contributed by atoms with E-state index in [4.69, 9.17) is 4.99 Å². The smallest absolute Gasteiger partial charge is 0.0686 e. The van der Waals surface area contributed by atoms with Crippen LogP contribution in [0.1, 0.15) is 25.0 Å². The molecule has 0 amide bonds. The summed E-state index contributed by atoms with van der Waals surface area (Å²) >= 11 is 0. The molecule has 4 aromatic rings. The van der Waals surface area contributed by atoms with Crippen molar-refractivity contribution in [3.63, 3.8) is 0 Å². The highest BCUT2D eigenvalue weighted by Gasteiger charge is 2.42. The van der Waals surface area contributed by atoms with Crippen LogP contribution >= 0.6 is 0 Å². The van der Waals surface area contributed by atoms with E-state index >= 15 is 0 Å². The van der Waals surface area contributed by atoms with Gasteiger partial charge in [-0.1, -0.05) is 79.4 Å². The van der Waals surface area contributed by atoms with Crippen LogP contribution in [0, 0.1) is 0 Å². The lowest BCUT2D eigenvalue weighted by atomic mass is 9.71. The predicted molar refractivity (Wildman–Crippen MR) is 129 cm³/mol. The van der Waals surface area contributed by atoms with Crippen molar-refractivity contribution in [3.05, 3.63) is 114 Å². The first-order chi connectivity index (χ1) is 14.7. The highest BCUT2D eigenvalue weighted by Crippen LogP contribution is 2.48. The van der Waals surface area contributed by atoms with Crippen molar-refractivity contribution in [2.45, 2.75) is 19.3 Å². The molecule has 0 spiro atoms. The van der Waals surface area contributed by atoms with E-state index in [1.54, 1.807) is 0 Å². The van der Waals surface area contributed by atoms with Crippen LogP contribution in [0.15, 0.2) is 108 Å². The lowest BCUT2D eigenvalue weighted by molar-refractivity contribution is 0.795. The lowest BCUT2D eigenvalue weighted by Crippen LogP contribution is -2.32. The van der Waals surface area contributed by atoms with Crippen LogP contribution in [0.5, 0.6) is 0 Å². The topological polar surface area (TPSA) is 28.1 Å². The van der Waals surface area contributed by atoms with Crippen molar-refractivity contribution >= 4 is 33.2 Å². The summed E-state index contributed by atoms with van der Waals surface area (Å²) in [6.07, 6.45) is 8.07. The molecule has 2 nitrogen and oxygen atoms in total. The minimum atomic E-state index is -0.351. The van der Waals surface area contributed by atoms with Crippen LogP contribution in [0.2, 0.25) is 0 Å². The number of fused-ring (bicyclic) bond motifs is 4. The molecule has 2 heteroatoms. The summed E-state index contributed by atoms with van der Waals surface area (Å²) in [5.74, 6) is 0. The highest BCUT2D eigenvalue weighted by atomic mass is 14.8. The maximum absolute atomic E-state index is 5.19. The largest absolute Gasteiger partial charge is 0.354 e. The normalized spacial score (nSPS) is 18.9. The third-order valence-corrected chi connectivity index (χ3v) is 6.14. The number of aliphatic imine (C=N–C) groups is 1. The maximum atomic E-state index is 5.19. The quantitative estimate of drug-likeness (QED) is 0.353. The molecule has 0 saturated carbocycles. The number of para-hydroxylation sites is 1. The average Bonchev–Trinajstić information content (AvgIpc) is 3.28. The number of nitrogens with one attached hydrogen (secondary N) is 1. The van der Waals surface area contributed by atoms with Gasteiger partial charge in [0.2, 0.25) is 0 Å². The van der Waals surface area contributed by atoms with E-state index < -0.39 is 0 Å². The van der Waals surface area contributed by atoms with Gasteiger partial charge in [-0.25, -0.2) is 0 Å². The number of benzene rings is 3. The van der Waals surface area contributed by atoms with Crippen LogP contribution in [-0.2, 0) is 5.41 Å². The van der Waals surface area contributed by atoms with E-state index in [1.165, 1.54) is 21.9 Å². The van der Waals surface area contributed by atoms with Gasteiger partial charge in [0.05, 0.1) is 16.8 Å². The molecule has 1 unspecified atom stereocenters. The van der Waals surface area contributed by atoms with Gasteiger partial charge in [-0.2, -0.15) is 0 Å². The molecule has 0 fully saturated rings. The Kier molecular flexibility index (Phi) is 4.29. The van der Waals surface area contributed by atoms with Crippen molar-refractivity contribution < 1.29 is 0 Å². The van der Waals surface area contributed by atoms with Gasteiger partial charge in [0.15, 0.2) is 0 Å². The Balaban J connectivity index is 1.84. The van der Waals surface area contributed by atoms with E-state index in [1.807, 2.05) is 19.1 Å². The number of aromatic amines is 1. The molecule has 2 heterocycles. The van der Waals surface area contributed by atoms with Crippen molar-refractivity contribution in [1.82, 2.24) is 4.98 Å². The van der Waals surface area contributed by atoms with Gasteiger partial charge < -0.3 is 4.98 Å². The third-order valence-electron chi connectivity index (χ3n) is 6.14. The summed E-state index contributed by atoms with van der Waals surface area (Å²) in [4.78, 5) is 8.79. The molecule has 30 heavy (non-hydrogen) atoms. The molecule has 1 atom stereocenters. The second-order valence-electron chi connectivity index (χ2n) is 7.89. The molecular weight excluding hydrogens is 364 g/mol. The van der Waals surface area contributed by atoms with Crippen molar-refractivity contribution in [1.29, 1.82) is 0 Å². The first-order valence-corrected chi connectivity index (χ1v) is 10.3. The number of hydrogen-bond donors (Lipinski definition) is 1. The summed E-state index contributed by atoms with van der Waals surface area (Å²) in [6, 6.07) is 23.6. The number of aromatic nitrogens is 1. The average molecular weight is 389 g/mol. The van der Waals surface area contributed by atoms with Crippen LogP contribution in [0.4, 0.5) is 5.69 Å². The van der Waals surface area contributed by atoms with Gasteiger partial charge in [0.25, 0.3) is 0 Å². The zero-order valence-corrected chi connectivity index (χ0v) is 17.3. The molecule has 0 bridgehead atoms. The van der Waals surface area contributed by atoms with E-state index in [0.717, 1.165) is 28.0 Å². The van der Waals surface area contributed by atoms with Gasteiger partial charge in [0, 0.05) is 21.8 Å². The fraction of sp³-hybridized carbons (Fsp3) is 0.107. The Morgan fingerprint density at radius 3 is 2.50 bits per heavy atom. The Morgan fingerprint density at radius 2 is 1.73 bits per heavy atom. The predicted octanol–water partition coefficient (Wildman–Crippen LogP) is 7.40. The van der Waals surface area contributed by atoms with Gasteiger partial charge in [-0.05, 0) is 48.7 Å². The zero-order valence-electron chi connectivity index (χ0n) is 17.3. The van der Waals surface area contributed by atoms with E-state index in [2.05, 4.69) is 97.4 Å². The molecule has 0 saturated heterocycles. The molecule has 5 rings (SSSR count). The lowest BCUT2D eigenvalue weighted by Gasteiger charge is -2.29. The summed E-state index contributed by atoms with van der Waals surface area (Å²) in [6.45, 7) is 8.24. The summed E-state index contributed by atoms with van der Waals surface area (Å²) in [7, 11) is 0. The molecule has 0 radical (unpaired) electrons. The molecule has 1 N–H and O–H groups in total. The third kappa shape index (κ3) is 2.61. The SMILES string of the molecule is C=C/C=C(\C=C/C)C1=Nc2cc3c(cc2C1(C)c1ccccc1)[nH]c1ccccc13. The van der Waals surface area contributed by atoms with E-state index in [9.17, 15) is 0 Å². The first-order valence-electron chi connectivity index (χ1n) is 10.3. The van der Waals surface area contributed by atoms with E-state index in [0.29, 0.717) is 0 Å². The monoisotopic (exact) mass is 388 g/mol. The molecule has 1 aliphatic rings. The summed E-state index contributed by atoms with van der Waals surface area (Å²) in [5.41, 5.74) is 7.59. The molecule has 146 valence electrons. The summed E-state index contributed by atoms with van der Waals surface area (Å²) < 4.78 is 0. The highest BCUT2D eigenvalue weighted by molar-refractivity contribution is 6.18. The van der Waals surface area contributed by atoms with Gasteiger partial charge in [0.1, 0.15) is 0 Å². The Bertz CT molecular complexity index is 1370. The molecular formula is C28H24N2. The minimum Gasteiger partial charge on any atom is -0.354 e. The fourth-order valence-electron chi connectivity index (χ4n) is 4.68. The van der Waals surface area contributed by atoms with Gasteiger partial charge >= 0.3 is 0 Å². The van der Waals surface area contributed by atoms with Crippen molar-refractivity contribution in [2.24, 2.45) is 4.99 Å². The maximum Gasteiger partial charge on any atom is 0.0686 e. The molecule has 1 aliphatic heterocycles. The number of rotatable bonds is 4. The van der Waals surface area contributed by atoms with Crippen LogP contribution in [0.3, 0.4) is 0 Å². The van der Waals surface area contributed by atoms with Crippen molar-refractivity contribution in [2.75, 3.05) is 0 Å². The van der Waals surface area contributed by atoms with Crippen LogP contribution < -0.4 is 0 Å². The number of nitrogens with zero attached hydrogens (tertiary/aromatic N) is 1. The molecule has 1 aromatic heterocycles. The van der Waals surface area contributed by atoms with Gasteiger partial charge in [-0.15, -0.1) is 0 Å². The number of allylic oxidation sites excluding steroid dienone is 5. The Hall–Kier alpha value is -3.65. The second-order valence-corrected chi connectivity index (χ2v) is 7.89. The number of H-pyrrole nitrogens is 1. The van der Waals surface area contributed by atoms with Gasteiger partial charge in [-0.3, -0.25) is 4.99 Å². The first kappa shape index (κ1) is 18.4. The minimum absolute atomic E-state index is 0.351. The van der Waals surface area contributed by atoms with Crippen LogP contribution in [0.25, 0.3) is 21.8 Å². The molecule has 3 aromatic carbocycles. The Morgan fingerprint density at radius 1 is 0.967 bits per heavy atom. The number of hydrogen-bond acceptors (Lipinski definition) is 1. The van der Waals surface area contributed by atoms with Crippen LogP contribution in [-0.4, -0.2) is 10.7 Å². The fourth-order valence-corrected chi connectivity index (χ4v) is 4.68. The standard InChI is InChI=1S/C28H24N2/c1-4-11-19(12-5-2)27-28(3,20-13-7-6-8-14-20)23-18-25-22(17-26(23)30-27)21-15-9-10-16-24(21)29-25/h4-18,29H,1H2,2-3H3/b12-5-,19-11+. The molecule has 0 aliphatic carbocycles. The van der Waals surface area contributed by atoms with Crippen molar-refractivity contribution in [3.8, 4) is 0 Å². The van der Waals surface area contributed by atoms with E-state index in [-0.39, 0.29) is 5.41 Å². The Labute approximate surface area is 177 Å².